The van der Waals surface area contributed by atoms with E-state index >= 15 is 0 Å². The smallest absolute Gasteiger partial charge is 0.328 e. The van der Waals surface area contributed by atoms with Crippen LogP contribution in [-0.4, -0.2) is 42.2 Å². The summed E-state index contributed by atoms with van der Waals surface area (Å²) in [7, 11) is 0. The standard InChI is InChI=1S/C23H22F2N6O/c1-14-5-2-3-6-15(14)19-16-13-27-23(32)31(20-17(24)7-4-8-18(20)25)21(16)29-22(28-19)30-11-9-26-10-12-30/h2-8,26H,9-13H2,1H3,(H,27,32). The summed E-state index contributed by atoms with van der Waals surface area (Å²) in [6.45, 7) is 5.05. The van der Waals surface area contributed by atoms with E-state index in [2.05, 4.69) is 15.6 Å². The van der Waals surface area contributed by atoms with Crippen molar-refractivity contribution in [3.63, 3.8) is 0 Å². The van der Waals surface area contributed by atoms with Gasteiger partial charge in [0.15, 0.2) is 5.82 Å². The quantitative estimate of drug-likeness (QED) is 0.658. The van der Waals surface area contributed by atoms with Crippen LogP contribution in [-0.2, 0) is 6.54 Å². The number of fused-ring (bicyclic) bond motifs is 1. The van der Waals surface area contributed by atoms with Gasteiger partial charge in [-0.2, -0.15) is 4.98 Å². The van der Waals surface area contributed by atoms with Crippen LogP contribution in [0.1, 0.15) is 11.1 Å². The lowest BCUT2D eigenvalue weighted by atomic mass is 10.00. The van der Waals surface area contributed by atoms with Gasteiger partial charge in [-0.05, 0) is 24.6 Å². The molecule has 5 rings (SSSR count). The van der Waals surface area contributed by atoms with Gasteiger partial charge in [0, 0.05) is 37.3 Å². The Kier molecular flexibility index (Phi) is 5.18. The minimum Gasteiger partial charge on any atom is -0.338 e. The molecular formula is C23H22F2N6O. The molecule has 164 valence electrons. The highest BCUT2D eigenvalue weighted by molar-refractivity contribution is 6.02. The lowest BCUT2D eigenvalue weighted by Crippen LogP contribution is -2.46. The fourth-order valence-corrected chi connectivity index (χ4v) is 4.13. The van der Waals surface area contributed by atoms with Gasteiger partial charge in [0.1, 0.15) is 17.3 Å². The number of halogens is 2. The van der Waals surface area contributed by atoms with E-state index < -0.39 is 23.4 Å². The predicted molar refractivity (Wildman–Crippen MR) is 118 cm³/mol. The molecule has 0 bridgehead atoms. The Bertz CT molecular complexity index is 1170. The second kappa shape index (κ2) is 8.16. The van der Waals surface area contributed by atoms with Crippen molar-refractivity contribution >= 4 is 23.5 Å². The van der Waals surface area contributed by atoms with Crippen LogP contribution in [0.15, 0.2) is 42.5 Å². The van der Waals surface area contributed by atoms with Crippen LogP contribution in [0.25, 0.3) is 11.3 Å². The molecule has 0 spiro atoms. The molecule has 2 aliphatic rings. The highest BCUT2D eigenvalue weighted by Gasteiger charge is 2.34. The van der Waals surface area contributed by atoms with E-state index in [9.17, 15) is 13.6 Å². The second-order valence-electron chi connectivity index (χ2n) is 7.79. The summed E-state index contributed by atoms with van der Waals surface area (Å²) in [6, 6.07) is 10.7. The topological polar surface area (TPSA) is 73.4 Å². The van der Waals surface area contributed by atoms with Crippen molar-refractivity contribution < 1.29 is 13.6 Å². The Morgan fingerprint density at radius 1 is 0.969 bits per heavy atom. The maximum atomic E-state index is 14.7. The van der Waals surface area contributed by atoms with Gasteiger partial charge in [-0.3, -0.25) is 0 Å². The zero-order chi connectivity index (χ0) is 22.2. The summed E-state index contributed by atoms with van der Waals surface area (Å²) in [5.74, 6) is -1.06. The number of hydrogen-bond acceptors (Lipinski definition) is 5. The number of hydrogen-bond donors (Lipinski definition) is 2. The largest absolute Gasteiger partial charge is 0.338 e. The molecule has 7 nitrogen and oxygen atoms in total. The van der Waals surface area contributed by atoms with E-state index in [1.165, 1.54) is 6.07 Å². The SMILES string of the molecule is Cc1ccccc1-c1nc(N2CCNCC2)nc2c1CNC(=O)N2c1c(F)cccc1F. The number of urea groups is 1. The molecule has 2 amide bonds. The van der Waals surface area contributed by atoms with Gasteiger partial charge < -0.3 is 15.5 Å². The molecule has 0 unspecified atom stereocenters. The van der Waals surface area contributed by atoms with Crippen LogP contribution in [0.3, 0.4) is 0 Å². The lowest BCUT2D eigenvalue weighted by molar-refractivity contribution is 0.246. The number of para-hydroxylation sites is 1. The lowest BCUT2D eigenvalue weighted by Gasteiger charge is -2.33. The van der Waals surface area contributed by atoms with Crippen LogP contribution >= 0.6 is 0 Å². The number of aryl methyl sites for hydroxylation is 1. The number of nitrogens with one attached hydrogen (secondary N) is 2. The number of rotatable bonds is 3. The molecule has 0 aliphatic carbocycles. The van der Waals surface area contributed by atoms with Crippen molar-refractivity contribution in [2.45, 2.75) is 13.5 Å². The van der Waals surface area contributed by atoms with Crippen LogP contribution in [0.2, 0.25) is 0 Å². The average molecular weight is 436 g/mol. The molecule has 0 atom stereocenters. The Morgan fingerprint density at radius 3 is 2.41 bits per heavy atom. The fraction of sp³-hybridized carbons (Fsp3) is 0.261. The number of amides is 2. The number of piperazine rings is 1. The van der Waals surface area contributed by atoms with Gasteiger partial charge >= 0.3 is 6.03 Å². The van der Waals surface area contributed by atoms with Crippen molar-refractivity contribution in [1.82, 2.24) is 20.6 Å². The predicted octanol–water partition coefficient (Wildman–Crippen LogP) is 3.50. The summed E-state index contributed by atoms with van der Waals surface area (Å²) in [5.41, 5.74) is 2.68. The summed E-state index contributed by atoms with van der Waals surface area (Å²) in [4.78, 5) is 25.4. The molecule has 1 saturated heterocycles. The Morgan fingerprint density at radius 2 is 1.69 bits per heavy atom. The first-order valence-corrected chi connectivity index (χ1v) is 10.5. The molecule has 2 aliphatic heterocycles. The second-order valence-corrected chi connectivity index (χ2v) is 7.79. The van der Waals surface area contributed by atoms with Crippen LogP contribution in [0.5, 0.6) is 0 Å². The van der Waals surface area contributed by atoms with E-state index in [0.29, 0.717) is 30.3 Å². The van der Waals surface area contributed by atoms with E-state index in [0.717, 1.165) is 41.2 Å². The molecule has 9 heteroatoms. The summed E-state index contributed by atoms with van der Waals surface area (Å²) in [6.07, 6.45) is 0. The first-order valence-electron chi connectivity index (χ1n) is 10.5. The van der Waals surface area contributed by atoms with Crippen LogP contribution in [0.4, 0.5) is 31.0 Å². The molecule has 3 aromatic rings. The number of nitrogens with zero attached hydrogens (tertiary/aromatic N) is 4. The van der Waals surface area contributed by atoms with Crippen LogP contribution < -0.4 is 20.4 Å². The van der Waals surface area contributed by atoms with Crippen molar-refractivity contribution in [1.29, 1.82) is 0 Å². The third-order valence-corrected chi connectivity index (χ3v) is 5.77. The zero-order valence-electron chi connectivity index (χ0n) is 17.5. The molecule has 2 N–H and O–H groups in total. The zero-order valence-corrected chi connectivity index (χ0v) is 17.5. The van der Waals surface area contributed by atoms with Gasteiger partial charge in [0.25, 0.3) is 0 Å². The fourth-order valence-electron chi connectivity index (χ4n) is 4.13. The Balaban J connectivity index is 1.76. The normalized spacial score (nSPS) is 16.0. The molecule has 1 fully saturated rings. The summed E-state index contributed by atoms with van der Waals surface area (Å²) in [5, 5.41) is 6.01. The third-order valence-electron chi connectivity index (χ3n) is 5.77. The molecule has 1 aromatic heterocycles. The van der Waals surface area contributed by atoms with Crippen LogP contribution in [0, 0.1) is 18.6 Å². The monoisotopic (exact) mass is 436 g/mol. The number of carbonyl (C=O) groups excluding carboxylic acids is 1. The van der Waals surface area contributed by atoms with E-state index in [1.54, 1.807) is 0 Å². The third kappa shape index (κ3) is 3.44. The molecule has 0 saturated carbocycles. The Labute approximate surface area is 184 Å². The first-order chi connectivity index (χ1) is 15.5. The van der Waals surface area contributed by atoms with Gasteiger partial charge in [-0.15, -0.1) is 0 Å². The van der Waals surface area contributed by atoms with Gasteiger partial charge in [-0.1, -0.05) is 30.3 Å². The van der Waals surface area contributed by atoms with Gasteiger partial charge in [0.2, 0.25) is 5.95 Å². The minimum absolute atomic E-state index is 0.159. The summed E-state index contributed by atoms with van der Waals surface area (Å²) >= 11 is 0. The van der Waals surface area contributed by atoms with Gasteiger partial charge in [0.05, 0.1) is 12.2 Å². The Hall–Kier alpha value is -3.59. The highest BCUT2D eigenvalue weighted by atomic mass is 19.1. The molecular weight excluding hydrogens is 414 g/mol. The maximum absolute atomic E-state index is 14.7. The number of aromatic nitrogens is 2. The molecule has 32 heavy (non-hydrogen) atoms. The highest BCUT2D eigenvalue weighted by Crippen LogP contribution is 2.39. The minimum atomic E-state index is -0.840. The molecule has 2 aromatic carbocycles. The number of benzene rings is 2. The van der Waals surface area contributed by atoms with Crippen molar-refractivity contribution in [3.8, 4) is 11.3 Å². The molecule has 3 heterocycles. The number of carbonyl (C=O) groups is 1. The molecule has 0 radical (unpaired) electrons. The summed E-state index contributed by atoms with van der Waals surface area (Å²) < 4.78 is 29.4. The maximum Gasteiger partial charge on any atom is 0.328 e. The van der Waals surface area contributed by atoms with Crippen molar-refractivity contribution in [3.05, 3.63) is 65.2 Å². The first kappa shape index (κ1) is 20.3. The van der Waals surface area contributed by atoms with Crippen molar-refractivity contribution in [2.24, 2.45) is 0 Å². The van der Waals surface area contributed by atoms with Gasteiger partial charge in [-0.25, -0.2) is 23.5 Å². The number of anilines is 3. The van der Waals surface area contributed by atoms with Crippen molar-refractivity contribution in [2.75, 3.05) is 36.0 Å². The van der Waals surface area contributed by atoms with E-state index in [-0.39, 0.29) is 12.4 Å². The van der Waals surface area contributed by atoms with E-state index in [1.807, 2.05) is 36.1 Å². The van der Waals surface area contributed by atoms with E-state index in [4.69, 9.17) is 4.98 Å². The average Bonchev–Trinajstić information content (AvgIpc) is 2.80.